The van der Waals surface area contributed by atoms with E-state index in [0.717, 1.165) is 18.8 Å². The lowest BCUT2D eigenvalue weighted by Crippen LogP contribution is -2.31. The Kier molecular flexibility index (Phi) is 6.87. The van der Waals surface area contributed by atoms with Crippen LogP contribution in [-0.4, -0.2) is 37.0 Å². The molecular weight excluding hydrogens is 504 g/mol. The average Bonchev–Trinajstić information content (AvgIpc) is 3.48. The lowest BCUT2D eigenvalue weighted by atomic mass is 9.94. The Hall–Kier alpha value is -4.23. The van der Waals surface area contributed by atoms with Crippen LogP contribution in [-0.2, 0) is 4.79 Å². The second-order valence-corrected chi connectivity index (χ2v) is 9.34. The molecule has 1 N–H and O–H groups in total. The van der Waals surface area contributed by atoms with E-state index in [4.69, 9.17) is 20.8 Å². The molecule has 0 saturated carbocycles. The Morgan fingerprint density at radius 2 is 1.76 bits per heavy atom. The number of furan rings is 1. The van der Waals surface area contributed by atoms with Crippen molar-refractivity contribution in [3.05, 3.63) is 100 Å². The molecule has 1 aliphatic heterocycles. The molecular formula is C30H27ClN2O5. The number of ketones is 1. The van der Waals surface area contributed by atoms with Gasteiger partial charge in [-0.3, -0.25) is 14.5 Å². The van der Waals surface area contributed by atoms with Crippen LogP contribution in [0.2, 0.25) is 5.02 Å². The minimum Gasteiger partial charge on any atom is -0.503 e. The van der Waals surface area contributed by atoms with E-state index in [9.17, 15) is 14.7 Å². The maximum Gasteiger partial charge on any atom is 0.294 e. The van der Waals surface area contributed by atoms with Crippen molar-refractivity contribution < 1.29 is 23.8 Å². The topological polar surface area (TPSA) is 83.2 Å². The molecule has 3 aromatic carbocycles. The highest BCUT2D eigenvalue weighted by Crippen LogP contribution is 2.43. The highest BCUT2D eigenvalue weighted by atomic mass is 35.5. The Morgan fingerprint density at radius 3 is 2.42 bits per heavy atom. The van der Waals surface area contributed by atoms with E-state index in [1.807, 2.05) is 24.3 Å². The summed E-state index contributed by atoms with van der Waals surface area (Å²) in [5.41, 5.74) is 2.48. The predicted molar refractivity (Wildman–Crippen MR) is 148 cm³/mol. The number of amides is 1. The van der Waals surface area contributed by atoms with E-state index in [0.29, 0.717) is 33.0 Å². The molecule has 38 heavy (non-hydrogen) atoms. The van der Waals surface area contributed by atoms with Crippen molar-refractivity contribution in [1.82, 2.24) is 0 Å². The molecule has 0 radical (unpaired) electrons. The molecule has 4 aromatic rings. The Morgan fingerprint density at radius 1 is 1.05 bits per heavy atom. The van der Waals surface area contributed by atoms with Gasteiger partial charge < -0.3 is 19.2 Å². The number of carbonyl (C=O) groups excluding carboxylic acids is 2. The minimum absolute atomic E-state index is 0.00319. The number of para-hydroxylation sites is 1. The van der Waals surface area contributed by atoms with E-state index >= 15 is 0 Å². The van der Waals surface area contributed by atoms with Gasteiger partial charge in [0.25, 0.3) is 5.91 Å². The molecule has 8 heteroatoms. The molecule has 5 rings (SSSR count). The highest BCUT2D eigenvalue weighted by molar-refractivity contribution is 6.31. The largest absolute Gasteiger partial charge is 0.503 e. The molecule has 0 bridgehead atoms. The monoisotopic (exact) mass is 530 g/mol. The van der Waals surface area contributed by atoms with Crippen molar-refractivity contribution in [3.8, 4) is 5.75 Å². The maximum absolute atomic E-state index is 13.9. The third-order valence-electron chi connectivity index (χ3n) is 6.83. The van der Waals surface area contributed by atoms with Gasteiger partial charge in [0.05, 0.1) is 18.7 Å². The first-order valence-corrected chi connectivity index (χ1v) is 12.7. The molecule has 0 saturated heterocycles. The second kappa shape index (κ2) is 10.3. The summed E-state index contributed by atoms with van der Waals surface area (Å²) in [6.45, 7) is 5.83. The summed E-state index contributed by atoms with van der Waals surface area (Å²) in [5, 5.41) is 12.2. The van der Waals surface area contributed by atoms with E-state index in [1.54, 1.807) is 48.5 Å². The zero-order chi connectivity index (χ0) is 27.0. The molecule has 7 nitrogen and oxygen atoms in total. The van der Waals surface area contributed by atoms with Gasteiger partial charge in [-0.1, -0.05) is 41.9 Å². The van der Waals surface area contributed by atoms with Crippen molar-refractivity contribution in [3.63, 3.8) is 0 Å². The first-order chi connectivity index (χ1) is 18.4. The Balaban J connectivity index is 1.64. The van der Waals surface area contributed by atoms with Crippen LogP contribution in [0.25, 0.3) is 11.0 Å². The molecule has 1 aliphatic rings. The predicted octanol–water partition coefficient (Wildman–Crippen LogP) is 6.72. The molecule has 0 fully saturated rings. The van der Waals surface area contributed by atoms with Crippen LogP contribution in [0, 0.1) is 0 Å². The van der Waals surface area contributed by atoms with E-state index < -0.39 is 23.5 Å². The average molecular weight is 531 g/mol. The van der Waals surface area contributed by atoms with Crippen LogP contribution in [0.3, 0.4) is 0 Å². The number of carbonyl (C=O) groups is 2. The smallest absolute Gasteiger partial charge is 0.294 e. The van der Waals surface area contributed by atoms with Crippen molar-refractivity contribution in [1.29, 1.82) is 0 Å². The fourth-order valence-corrected chi connectivity index (χ4v) is 5.13. The Bertz CT molecular complexity index is 1550. The van der Waals surface area contributed by atoms with Crippen LogP contribution in [0.5, 0.6) is 5.75 Å². The lowest BCUT2D eigenvalue weighted by Gasteiger charge is -2.28. The summed E-state index contributed by atoms with van der Waals surface area (Å²) >= 11 is 6.24. The summed E-state index contributed by atoms with van der Waals surface area (Å²) in [5.74, 6) is -1.43. The normalized spacial score (nSPS) is 15.4. The first-order valence-electron chi connectivity index (χ1n) is 12.4. The number of hydrogen-bond donors (Lipinski definition) is 1. The second-order valence-electron chi connectivity index (χ2n) is 8.90. The molecule has 0 aliphatic carbocycles. The summed E-state index contributed by atoms with van der Waals surface area (Å²) in [6, 6.07) is 20.4. The molecule has 1 aromatic heterocycles. The van der Waals surface area contributed by atoms with Gasteiger partial charge in [0.15, 0.2) is 22.9 Å². The molecule has 1 amide bonds. The number of rotatable bonds is 8. The van der Waals surface area contributed by atoms with Crippen LogP contribution in [0.1, 0.15) is 36.0 Å². The van der Waals surface area contributed by atoms with Crippen LogP contribution in [0.15, 0.2) is 88.5 Å². The number of fused-ring (bicyclic) bond motifs is 1. The molecule has 1 unspecified atom stereocenters. The summed E-state index contributed by atoms with van der Waals surface area (Å²) < 4.78 is 11.3. The number of aliphatic hydroxyl groups excluding tert-OH is 1. The zero-order valence-corrected chi connectivity index (χ0v) is 22.0. The van der Waals surface area contributed by atoms with E-state index in [2.05, 4.69) is 18.7 Å². The number of nitrogens with zero attached hydrogens (tertiary/aromatic N) is 2. The number of anilines is 2. The van der Waals surface area contributed by atoms with Gasteiger partial charge >= 0.3 is 0 Å². The standard InChI is InChI=1S/C30H27ClN2O5/c1-4-32(5-2)21-14-12-18(13-15-21)26-25(28(35)30(36)33(26)22-10-7-9-20(31)17-22)27(34)24-16-19-8-6-11-23(37-3)29(19)38-24/h6-17,26,35H,4-5H2,1-3H3. The maximum atomic E-state index is 13.9. The summed E-state index contributed by atoms with van der Waals surface area (Å²) in [4.78, 5) is 30.9. The van der Waals surface area contributed by atoms with Crippen molar-refractivity contribution in [2.75, 3.05) is 30.0 Å². The number of Topliss-reactive ketones (excluding diaryl/α,β-unsaturated/α-hetero) is 1. The quantitative estimate of drug-likeness (QED) is 0.254. The van der Waals surface area contributed by atoms with Crippen molar-refractivity contribution in [2.45, 2.75) is 19.9 Å². The minimum atomic E-state index is -0.894. The van der Waals surface area contributed by atoms with Gasteiger partial charge in [0, 0.05) is 34.9 Å². The zero-order valence-electron chi connectivity index (χ0n) is 21.3. The van der Waals surface area contributed by atoms with Gasteiger partial charge in [-0.2, -0.15) is 0 Å². The van der Waals surface area contributed by atoms with Gasteiger partial charge in [0.1, 0.15) is 0 Å². The molecule has 194 valence electrons. The molecule has 2 heterocycles. The highest BCUT2D eigenvalue weighted by Gasteiger charge is 2.45. The van der Waals surface area contributed by atoms with Crippen molar-refractivity contribution >= 4 is 45.6 Å². The van der Waals surface area contributed by atoms with Gasteiger partial charge in [-0.25, -0.2) is 0 Å². The third kappa shape index (κ3) is 4.29. The van der Waals surface area contributed by atoms with Crippen LogP contribution in [0.4, 0.5) is 11.4 Å². The summed E-state index contributed by atoms with van der Waals surface area (Å²) in [7, 11) is 1.52. The number of aliphatic hydroxyl groups is 1. The number of methoxy groups -OCH3 is 1. The van der Waals surface area contributed by atoms with E-state index in [1.165, 1.54) is 12.0 Å². The third-order valence-corrected chi connectivity index (χ3v) is 7.06. The fourth-order valence-electron chi connectivity index (χ4n) is 4.94. The molecule has 1 atom stereocenters. The van der Waals surface area contributed by atoms with Gasteiger partial charge in [-0.05, 0) is 61.9 Å². The van der Waals surface area contributed by atoms with Gasteiger partial charge in [0.2, 0.25) is 5.78 Å². The summed E-state index contributed by atoms with van der Waals surface area (Å²) in [6.07, 6.45) is 0. The first kappa shape index (κ1) is 25.4. The van der Waals surface area contributed by atoms with E-state index in [-0.39, 0.29) is 11.3 Å². The lowest BCUT2D eigenvalue weighted by molar-refractivity contribution is -0.117. The van der Waals surface area contributed by atoms with Crippen LogP contribution >= 0.6 is 11.6 Å². The van der Waals surface area contributed by atoms with Crippen molar-refractivity contribution in [2.24, 2.45) is 0 Å². The number of hydrogen-bond acceptors (Lipinski definition) is 6. The number of halogens is 1. The van der Waals surface area contributed by atoms with Crippen LogP contribution < -0.4 is 14.5 Å². The fraction of sp³-hybridized carbons (Fsp3) is 0.200. The molecule has 0 spiro atoms. The number of ether oxygens (including phenoxy) is 1. The number of benzene rings is 3. The SMILES string of the molecule is CCN(CC)c1ccc(C2C(C(=O)c3cc4cccc(OC)c4o3)=C(O)C(=O)N2c2cccc(Cl)c2)cc1. The Labute approximate surface area is 225 Å². The van der Waals surface area contributed by atoms with Gasteiger partial charge in [-0.15, -0.1) is 0 Å².